The van der Waals surface area contributed by atoms with Crippen LogP contribution in [-0.2, 0) is 22.7 Å². The normalized spacial score (nSPS) is 17.4. The van der Waals surface area contributed by atoms with Gasteiger partial charge in [0.25, 0.3) is 0 Å². The summed E-state index contributed by atoms with van der Waals surface area (Å²) in [6, 6.07) is 17.6. The molecule has 2 aliphatic rings. The van der Waals surface area contributed by atoms with Crippen LogP contribution in [0.4, 0.5) is 0 Å². The molecule has 2 aromatic carbocycles. The number of rotatable bonds is 13. The highest BCUT2D eigenvalue weighted by molar-refractivity contribution is 6.39. The third kappa shape index (κ3) is 8.05. The Morgan fingerprint density at radius 2 is 1.40 bits per heavy atom. The fraction of sp³-hybridized carbons (Fsp3) is 0.368. The van der Waals surface area contributed by atoms with Gasteiger partial charge < -0.3 is 29.9 Å². The predicted molar refractivity (Wildman–Crippen MR) is 196 cm³/mol. The van der Waals surface area contributed by atoms with Crippen molar-refractivity contribution in [1.29, 1.82) is 0 Å². The third-order valence-corrected chi connectivity index (χ3v) is 10.1. The van der Waals surface area contributed by atoms with E-state index in [1.807, 2.05) is 61.6 Å². The number of nitrogens with zero attached hydrogens (tertiary/aromatic N) is 4. The van der Waals surface area contributed by atoms with Gasteiger partial charge in [0, 0.05) is 91.7 Å². The van der Waals surface area contributed by atoms with Crippen LogP contribution in [0.2, 0.25) is 10.0 Å². The highest BCUT2D eigenvalue weighted by Crippen LogP contribution is 2.42. The summed E-state index contributed by atoms with van der Waals surface area (Å²) in [7, 11) is 7.36. The Balaban J connectivity index is 1.22. The number of halogens is 2. The molecule has 0 aliphatic carbocycles. The van der Waals surface area contributed by atoms with Gasteiger partial charge in [0.15, 0.2) is 0 Å². The maximum Gasteiger partial charge on any atom is 0.220 e. The standard InChI is InChI=1S/C38H42Cl2N6O4/c1-45(19-23-14-33(47)42-17-23)21-26-9-8-25(16-32(26)49-3)37-36(40)29(12-13-41-37)28-6-5-7-30(35(28)39)31-11-10-27(38(44-31)50-4)22-46(2)20-24-15-34(48)43-18-24/h5-13,16,23-24H,14-15,17-22H2,1-4H3,(H,42,47)(H,43,48)/t23-,24-/m0/s1. The molecule has 2 amide bonds. The van der Waals surface area contributed by atoms with Crippen LogP contribution >= 0.6 is 23.2 Å². The molecular formula is C38H42Cl2N6O4. The van der Waals surface area contributed by atoms with Gasteiger partial charge in [-0.1, -0.05) is 59.6 Å². The summed E-state index contributed by atoms with van der Waals surface area (Å²) in [6.07, 6.45) is 2.85. The number of aromatic nitrogens is 2. The minimum Gasteiger partial charge on any atom is -0.496 e. The predicted octanol–water partition coefficient (Wildman–Crippen LogP) is 5.94. The van der Waals surface area contributed by atoms with Gasteiger partial charge in [-0.25, -0.2) is 4.98 Å². The summed E-state index contributed by atoms with van der Waals surface area (Å²) < 4.78 is 11.5. The number of amides is 2. The monoisotopic (exact) mass is 716 g/mol. The summed E-state index contributed by atoms with van der Waals surface area (Å²) in [5.74, 6) is 2.08. The molecule has 2 atom stereocenters. The van der Waals surface area contributed by atoms with E-state index >= 15 is 0 Å². The number of carbonyl (C=O) groups excluding carboxylic acids is 2. The molecule has 2 saturated heterocycles. The molecule has 0 spiro atoms. The van der Waals surface area contributed by atoms with Crippen LogP contribution in [0.15, 0.2) is 60.8 Å². The number of hydrogen-bond acceptors (Lipinski definition) is 8. The molecule has 2 aliphatic heterocycles. The first kappa shape index (κ1) is 35.6. The van der Waals surface area contributed by atoms with Gasteiger partial charge in [-0.2, -0.15) is 0 Å². The quantitative estimate of drug-likeness (QED) is 0.175. The fourth-order valence-electron chi connectivity index (χ4n) is 6.91. The Morgan fingerprint density at radius 1 is 0.780 bits per heavy atom. The number of carbonyl (C=O) groups is 2. The SMILES string of the molecule is COc1cc(-c2nccc(-c3cccc(-c4ccc(CN(C)C[C@@H]5CNC(=O)C5)c(OC)n4)c3Cl)c2Cl)ccc1CN(C)C[C@@H]1CNC(=O)C1. The fourth-order valence-corrected chi connectivity index (χ4v) is 7.56. The van der Waals surface area contributed by atoms with Gasteiger partial charge in [0.05, 0.1) is 35.7 Å². The molecule has 2 fully saturated rings. The molecule has 4 aromatic rings. The van der Waals surface area contributed by atoms with Crippen molar-refractivity contribution in [3.8, 4) is 45.3 Å². The van der Waals surface area contributed by atoms with Crippen LogP contribution in [0.5, 0.6) is 11.6 Å². The number of nitrogens with one attached hydrogen (secondary N) is 2. The van der Waals surface area contributed by atoms with Crippen LogP contribution < -0.4 is 20.1 Å². The average Bonchev–Trinajstić information content (AvgIpc) is 3.71. The van der Waals surface area contributed by atoms with Gasteiger partial charge in [-0.15, -0.1) is 0 Å². The zero-order chi connectivity index (χ0) is 35.4. The van der Waals surface area contributed by atoms with Crippen molar-refractivity contribution < 1.29 is 19.1 Å². The molecule has 2 aromatic heterocycles. The number of methoxy groups -OCH3 is 2. The van der Waals surface area contributed by atoms with E-state index in [9.17, 15) is 9.59 Å². The first-order valence-corrected chi connectivity index (χ1v) is 17.4. The second-order valence-corrected chi connectivity index (χ2v) is 14.0. The molecule has 262 valence electrons. The Bertz CT molecular complexity index is 1750. The highest BCUT2D eigenvalue weighted by atomic mass is 35.5. The lowest BCUT2D eigenvalue weighted by Crippen LogP contribution is -2.27. The third-order valence-electron chi connectivity index (χ3n) is 9.29. The molecular weight excluding hydrogens is 675 g/mol. The van der Waals surface area contributed by atoms with Crippen molar-refractivity contribution in [2.24, 2.45) is 11.8 Å². The maximum absolute atomic E-state index is 11.6. The number of benzene rings is 2. The summed E-state index contributed by atoms with van der Waals surface area (Å²) in [5.41, 5.74) is 6.34. The van der Waals surface area contributed by atoms with E-state index in [-0.39, 0.29) is 11.8 Å². The Morgan fingerprint density at radius 3 is 2.02 bits per heavy atom. The van der Waals surface area contributed by atoms with Crippen LogP contribution in [0, 0.1) is 11.8 Å². The van der Waals surface area contributed by atoms with E-state index in [0.29, 0.717) is 78.2 Å². The molecule has 12 heteroatoms. The molecule has 0 radical (unpaired) electrons. The zero-order valence-corrected chi connectivity index (χ0v) is 30.3. The van der Waals surface area contributed by atoms with Crippen molar-refractivity contribution in [3.63, 3.8) is 0 Å². The van der Waals surface area contributed by atoms with E-state index in [4.69, 9.17) is 37.7 Å². The van der Waals surface area contributed by atoms with Crippen LogP contribution in [0.3, 0.4) is 0 Å². The van der Waals surface area contributed by atoms with Crippen molar-refractivity contribution in [2.45, 2.75) is 25.9 Å². The van der Waals surface area contributed by atoms with E-state index in [0.717, 1.165) is 52.2 Å². The Kier molecular flexibility index (Phi) is 11.2. The van der Waals surface area contributed by atoms with E-state index in [2.05, 4.69) is 32.5 Å². The second kappa shape index (κ2) is 15.8. The van der Waals surface area contributed by atoms with Gasteiger partial charge in [-0.3, -0.25) is 14.6 Å². The van der Waals surface area contributed by atoms with Crippen molar-refractivity contribution in [1.82, 2.24) is 30.4 Å². The van der Waals surface area contributed by atoms with E-state index < -0.39 is 0 Å². The average molecular weight is 718 g/mol. The molecule has 4 heterocycles. The molecule has 50 heavy (non-hydrogen) atoms. The lowest BCUT2D eigenvalue weighted by atomic mass is 9.99. The van der Waals surface area contributed by atoms with Gasteiger partial charge in [0.1, 0.15) is 5.75 Å². The van der Waals surface area contributed by atoms with Crippen LogP contribution in [0.1, 0.15) is 24.0 Å². The minimum atomic E-state index is 0.109. The van der Waals surface area contributed by atoms with Crippen LogP contribution in [-0.4, -0.2) is 86.1 Å². The summed E-state index contributed by atoms with van der Waals surface area (Å²) in [5, 5.41) is 6.80. The molecule has 2 N–H and O–H groups in total. The van der Waals surface area contributed by atoms with E-state index in [1.165, 1.54) is 0 Å². The first-order valence-electron chi connectivity index (χ1n) is 16.7. The van der Waals surface area contributed by atoms with Crippen molar-refractivity contribution in [3.05, 3.63) is 82.0 Å². The first-order chi connectivity index (χ1) is 24.1. The van der Waals surface area contributed by atoms with Crippen LogP contribution in [0.25, 0.3) is 33.6 Å². The molecule has 0 saturated carbocycles. The highest BCUT2D eigenvalue weighted by Gasteiger charge is 2.25. The second-order valence-electron chi connectivity index (χ2n) is 13.2. The summed E-state index contributed by atoms with van der Waals surface area (Å²) in [6.45, 7) is 4.33. The van der Waals surface area contributed by atoms with E-state index in [1.54, 1.807) is 20.4 Å². The van der Waals surface area contributed by atoms with Crippen molar-refractivity contribution >= 4 is 35.0 Å². The largest absolute Gasteiger partial charge is 0.496 e. The zero-order valence-electron chi connectivity index (χ0n) is 28.8. The Hall–Kier alpha value is -4.22. The lowest BCUT2D eigenvalue weighted by Gasteiger charge is -2.21. The molecule has 6 rings (SSSR count). The summed E-state index contributed by atoms with van der Waals surface area (Å²) in [4.78, 5) is 37.1. The number of ether oxygens (including phenoxy) is 2. The van der Waals surface area contributed by atoms with Gasteiger partial charge in [-0.05, 0) is 44.1 Å². The molecule has 10 nitrogen and oxygen atoms in total. The van der Waals surface area contributed by atoms with Gasteiger partial charge >= 0.3 is 0 Å². The molecule has 0 unspecified atom stereocenters. The summed E-state index contributed by atoms with van der Waals surface area (Å²) >= 11 is 14.2. The number of hydrogen-bond donors (Lipinski definition) is 2. The minimum absolute atomic E-state index is 0.109. The molecule has 0 bridgehead atoms. The Labute approximate surface area is 303 Å². The maximum atomic E-state index is 11.6. The smallest absolute Gasteiger partial charge is 0.220 e. The van der Waals surface area contributed by atoms with Gasteiger partial charge in [0.2, 0.25) is 17.7 Å². The topological polar surface area (TPSA) is 109 Å². The van der Waals surface area contributed by atoms with Crippen molar-refractivity contribution in [2.75, 3.05) is 54.5 Å². The number of pyridine rings is 2. The lowest BCUT2D eigenvalue weighted by molar-refractivity contribution is -0.120.